The van der Waals surface area contributed by atoms with Crippen LogP contribution in [0.2, 0.25) is 0 Å². The molecule has 3 amide bonds. The van der Waals surface area contributed by atoms with Crippen LogP contribution in [0.25, 0.3) is 0 Å². The highest BCUT2D eigenvalue weighted by Gasteiger charge is 2.56. The number of hydrogen-bond acceptors (Lipinski definition) is 4. The van der Waals surface area contributed by atoms with Gasteiger partial charge in [0.1, 0.15) is 11.4 Å². The van der Waals surface area contributed by atoms with E-state index < -0.39 is 5.54 Å². The van der Waals surface area contributed by atoms with Crippen molar-refractivity contribution in [3.63, 3.8) is 0 Å². The molecule has 1 aliphatic heterocycles. The minimum Gasteiger partial charge on any atom is -0.370 e. The van der Waals surface area contributed by atoms with E-state index in [0.717, 1.165) is 18.4 Å². The molecule has 144 valence electrons. The quantitative estimate of drug-likeness (QED) is 0.420. The summed E-state index contributed by atoms with van der Waals surface area (Å²) in [5.74, 6) is 0.931. The number of amides is 3. The van der Waals surface area contributed by atoms with Gasteiger partial charge in [-0.1, -0.05) is 18.2 Å². The molecule has 0 radical (unpaired) electrons. The summed E-state index contributed by atoms with van der Waals surface area (Å²) in [7, 11) is 0. The summed E-state index contributed by atoms with van der Waals surface area (Å²) < 4.78 is 0. The van der Waals surface area contributed by atoms with Gasteiger partial charge in [0.15, 0.2) is 5.96 Å². The van der Waals surface area contributed by atoms with Crippen molar-refractivity contribution >= 4 is 29.4 Å². The number of imide groups is 1. The number of aliphatic imine (C=N–C) groups is 1. The molecule has 1 atom stereocenters. The lowest BCUT2D eigenvalue weighted by Crippen LogP contribution is -2.46. The molecular weight excluding hydrogens is 356 g/mol. The van der Waals surface area contributed by atoms with Crippen molar-refractivity contribution in [2.45, 2.75) is 31.8 Å². The maximum absolute atomic E-state index is 12.8. The van der Waals surface area contributed by atoms with Crippen molar-refractivity contribution in [3.05, 3.63) is 54.2 Å². The SMILES string of the molecule is CC1(C2CC2)NC(=O)N(c2ccc(CN=C(N)Nc3ccccn3)cc2)C1=O. The standard InChI is InChI=1S/C20H22N6O2/c1-20(14-7-8-14)17(27)26(19(28)25-20)15-9-5-13(6-10-15)12-23-18(21)24-16-4-2-3-11-22-16/h2-6,9-11,14H,7-8,12H2,1H3,(H,25,28)(H3,21,22,23,24). The van der Waals surface area contributed by atoms with Gasteiger partial charge in [-0.15, -0.1) is 0 Å². The fourth-order valence-corrected chi connectivity index (χ4v) is 3.36. The maximum Gasteiger partial charge on any atom is 0.329 e. The Labute approximate surface area is 162 Å². The molecule has 1 aromatic carbocycles. The van der Waals surface area contributed by atoms with E-state index in [1.54, 1.807) is 24.4 Å². The minimum atomic E-state index is -0.786. The Bertz CT molecular complexity index is 923. The average Bonchev–Trinajstić information content (AvgIpc) is 3.51. The lowest BCUT2D eigenvalue weighted by molar-refractivity contribution is -0.122. The number of carbonyl (C=O) groups is 2. The summed E-state index contributed by atoms with van der Waals surface area (Å²) in [6.45, 7) is 2.18. The largest absolute Gasteiger partial charge is 0.370 e. The van der Waals surface area contributed by atoms with Gasteiger partial charge >= 0.3 is 6.03 Å². The number of urea groups is 1. The predicted molar refractivity (Wildman–Crippen MR) is 107 cm³/mol. The number of benzene rings is 1. The van der Waals surface area contributed by atoms with Crippen LogP contribution in [0.5, 0.6) is 0 Å². The van der Waals surface area contributed by atoms with Gasteiger partial charge in [-0.25, -0.2) is 19.7 Å². The number of aromatic nitrogens is 1. The number of nitrogens with one attached hydrogen (secondary N) is 2. The van der Waals surface area contributed by atoms with Crippen LogP contribution in [0.1, 0.15) is 25.3 Å². The van der Waals surface area contributed by atoms with Gasteiger partial charge in [0.25, 0.3) is 5.91 Å². The molecule has 1 saturated heterocycles. The molecule has 2 aromatic rings. The van der Waals surface area contributed by atoms with Crippen LogP contribution < -0.4 is 21.3 Å². The summed E-state index contributed by atoms with van der Waals surface area (Å²) in [6.07, 6.45) is 3.61. The first-order chi connectivity index (χ1) is 13.5. The Kier molecular flexibility index (Phi) is 4.46. The fraction of sp³-hybridized carbons (Fsp3) is 0.300. The van der Waals surface area contributed by atoms with Crippen LogP contribution >= 0.6 is 0 Å². The van der Waals surface area contributed by atoms with Gasteiger partial charge in [-0.2, -0.15) is 0 Å². The van der Waals surface area contributed by atoms with Gasteiger partial charge in [-0.05, 0) is 55.5 Å². The van der Waals surface area contributed by atoms with Crippen LogP contribution in [0.4, 0.5) is 16.3 Å². The third kappa shape index (κ3) is 3.40. The zero-order chi connectivity index (χ0) is 19.7. The second kappa shape index (κ2) is 6.95. The third-order valence-corrected chi connectivity index (χ3v) is 5.16. The first-order valence-electron chi connectivity index (χ1n) is 9.21. The van der Waals surface area contributed by atoms with Crippen LogP contribution in [0, 0.1) is 5.92 Å². The van der Waals surface area contributed by atoms with Crippen molar-refractivity contribution in [3.8, 4) is 0 Å². The van der Waals surface area contributed by atoms with E-state index in [1.165, 1.54) is 4.90 Å². The average molecular weight is 378 g/mol. The number of carbonyl (C=O) groups excluding carboxylic acids is 2. The van der Waals surface area contributed by atoms with Crippen LogP contribution in [0.15, 0.2) is 53.7 Å². The van der Waals surface area contributed by atoms with E-state index in [0.29, 0.717) is 18.1 Å². The second-order valence-electron chi connectivity index (χ2n) is 7.26. The van der Waals surface area contributed by atoms with Gasteiger partial charge in [0, 0.05) is 6.20 Å². The zero-order valence-electron chi connectivity index (χ0n) is 15.6. The number of hydrogen-bond donors (Lipinski definition) is 3. The van der Waals surface area contributed by atoms with Crippen LogP contribution in [-0.2, 0) is 11.3 Å². The summed E-state index contributed by atoms with van der Waals surface area (Å²) in [6, 6.07) is 12.3. The molecule has 1 aromatic heterocycles. The molecule has 1 unspecified atom stereocenters. The van der Waals surface area contributed by atoms with Crippen molar-refractivity contribution in [1.29, 1.82) is 0 Å². The van der Waals surface area contributed by atoms with Crippen molar-refractivity contribution < 1.29 is 9.59 Å². The van der Waals surface area contributed by atoms with E-state index in [-0.39, 0.29) is 23.8 Å². The second-order valence-corrected chi connectivity index (χ2v) is 7.26. The van der Waals surface area contributed by atoms with E-state index >= 15 is 0 Å². The van der Waals surface area contributed by atoms with E-state index in [9.17, 15) is 9.59 Å². The van der Waals surface area contributed by atoms with E-state index in [2.05, 4.69) is 20.6 Å². The normalized spacial score (nSPS) is 22.3. The smallest absolute Gasteiger partial charge is 0.329 e. The van der Waals surface area contributed by atoms with Crippen molar-refractivity contribution in [2.24, 2.45) is 16.6 Å². The van der Waals surface area contributed by atoms with Gasteiger partial charge in [0.05, 0.1) is 12.2 Å². The Morgan fingerprint density at radius 1 is 1.29 bits per heavy atom. The molecule has 2 aliphatic rings. The Morgan fingerprint density at radius 2 is 2.04 bits per heavy atom. The topological polar surface area (TPSA) is 113 Å². The highest BCUT2D eigenvalue weighted by atomic mass is 16.2. The van der Waals surface area contributed by atoms with Gasteiger partial charge in [0.2, 0.25) is 0 Å². The highest BCUT2D eigenvalue weighted by molar-refractivity contribution is 6.23. The Morgan fingerprint density at radius 3 is 2.68 bits per heavy atom. The first kappa shape index (κ1) is 18.0. The van der Waals surface area contributed by atoms with E-state index in [4.69, 9.17) is 5.73 Å². The molecule has 2 heterocycles. The van der Waals surface area contributed by atoms with Gasteiger partial charge < -0.3 is 16.4 Å². The molecule has 4 rings (SSSR count). The molecule has 0 spiro atoms. The zero-order valence-corrected chi connectivity index (χ0v) is 15.6. The van der Waals surface area contributed by atoms with Crippen LogP contribution in [0.3, 0.4) is 0 Å². The maximum atomic E-state index is 12.8. The predicted octanol–water partition coefficient (Wildman–Crippen LogP) is 2.23. The summed E-state index contributed by atoms with van der Waals surface area (Å²) in [5.41, 5.74) is 6.55. The third-order valence-electron chi connectivity index (χ3n) is 5.16. The fourth-order valence-electron chi connectivity index (χ4n) is 3.36. The number of nitrogens with zero attached hydrogens (tertiary/aromatic N) is 3. The monoisotopic (exact) mass is 378 g/mol. The number of guanidine groups is 1. The summed E-state index contributed by atoms with van der Waals surface area (Å²) >= 11 is 0. The number of rotatable bonds is 5. The summed E-state index contributed by atoms with van der Waals surface area (Å²) in [5, 5.41) is 5.77. The van der Waals surface area contributed by atoms with Crippen LogP contribution in [-0.4, -0.2) is 28.4 Å². The lowest BCUT2D eigenvalue weighted by Gasteiger charge is -2.21. The molecule has 0 bridgehead atoms. The molecular formula is C20H22N6O2. The van der Waals surface area contributed by atoms with Crippen molar-refractivity contribution in [1.82, 2.24) is 10.3 Å². The summed E-state index contributed by atoms with van der Waals surface area (Å²) in [4.78, 5) is 34.8. The minimum absolute atomic E-state index is 0.186. The Hall–Kier alpha value is -3.42. The number of nitrogens with two attached hydrogens (primary N) is 1. The molecule has 8 heteroatoms. The molecule has 1 aliphatic carbocycles. The van der Waals surface area contributed by atoms with Crippen molar-refractivity contribution in [2.75, 3.05) is 10.2 Å². The number of pyridine rings is 1. The first-order valence-corrected chi connectivity index (χ1v) is 9.21. The molecule has 2 fully saturated rings. The van der Waals surface area contributed by atoms with Gasteiger partial charge in [-0.3, -0.25) is 4.79 Å². The molecule has 28 heavy (non-hydrogen) atoms. The number of anilines is 2. The highest BCUT2D eigenvalue weighted by Crippen LogP contribution is 2.43. The lowest BCUT2D eigenvalue weighted by atomic mass is 9.96. The molecule has 8 nitrogen and oxygen atoms in total. The molecule has 4 N–H and O–H groups in total. The Balaban J connectivity index is 1.42. The molecule has 1 saturated carbocycles. The van der Waals surface area contributed by atoms with E-state index in [1.807, 2.05) is 31.2 Å².